The third-order valence-corrected chi connectivity index (χ3v) is 2.81. The summed E-state index contributed by atoms with van der Waals surface area (Å²) < 4.78 is 15.2. The molecule has 60 valence electrons. The Morgan fingerprint density at radius 3 is 2.45 bits per heavy atom. The normalized spacial score (nSPS) is 15.5. The second-order valence-corrected chi connectivity index (χ2v) is 4.35. The molecule has 0 aliphatic heterocycles. The van der Waals surface area contributed by atoms with E-state index in [1.54, 1.807) is 18.5 Å². The third-order valence-electron chi connectivity index (χ3n) is 1.23. The molecule has 0 bridgehead atoms. The summed E-state index contributed by atoms with van der Waals surface area (Å²) in [6.45, 7) is 0. The van der Waals surface area contributed by atoms with Gasteiger partial charge in [-0.05, 0) is 6.07 Å². The van der Waals surface area contributed by atoms with Crippen LogP contribution in [0, 0.1) is 0 Å². The molecule has 1 unspecified atom stereocenters. The minimum atomic E-state index is -2.35. The number of nitrogens with zero attached hydrogens (tertiary/aromatic N) is 3. The summed E-state index contributed by atoms with van der Waals surface area (Å²) in [5, 5.41) is 0.294. The molecule has 0 saturated heterocycles. The maximum atomic E-state index is 11.5. The molecule has 0 spiro atoms. The van der Waals surface area contributed by atoms with Crippen molar-refractivity contribution in [1.29, 1.82) is 0 Å². The fourth-order valence-electron chi connectivity index (χ4n) is 0.563. The van der Waals surface area contributed by atoms with Crippen molar-refractivity contribution in [2.45, 2.75) is 5.16 Å². The zero-order chi connectivity index (χ0) is 8.32. The van der Waals surface area contributed by atoms with Crippen molar-refractivity contribution in [3.63, 3.8) is 0 Å². The van der Waals surface area contributed by atoms with Crippen LogP contribution in [0.15, 0.2) is 28.0 Å². The first kappa shape index (κ1) is 8.13. The molecule has 0 aliphatic carbocycles. The predicted molar refractivity (Wildman–Crippen MR) is 42.7 cm³/mol. The van der Waals surface area contributed by atoms with Gasteiger partial charge in [0.1, 0.15) is 9.73 Å². The molecule has 0 aliphatic rings. The monoisotopic (exact) mass is 171 g/mol. The molecule has 11 heavy (non-hydrogen) atoms. The number of aromatic nitrogens is 2. The van der Waals surface area contributed by atoms with Gasteiger partial charge in [0, 0.05) is 25.7 Å². The zero-order valence-electron chi connectivity index (χ0n) is 6.39. The van der Waals surface area contributed by atoms with E-state index in [9.17, 15) is 4.21 Å². The molecular weight excluding hydrogens is 162 g/mol. The maximum Gasteiger partial charge on any atom is 0.226 e. The van der Waals surface area contributed by atoms with Crippen LogP contribution in [0.25, 0.3) is 0 Å². The van der Waals surface area contributed by atoms with E-state index in [-0.39, 0.29) is 0 Å². The molecule has 0 amide bonds. The van der Waals surface area contributed by atoms with Gasteiger partial charge in [0.2, 0.25) is 5.16 Å². The Bertz CT molecular complexity index is 340. The van der Waals surface area contributed by atoms with Crippen molar-refractivity contribution in [2.24, 2.45) is 4.36 Å². The highest BCUT2D eigenvalue weighted by atomic mass is 32.2. The molecule has 1 rings (SSSR count). The summed E-state index contributed by atoms with van der Waals surface area (Å²) in [5.41, 5.74) is 0. The Morgan fingerprint density at radius 2 is 2.00 bits per heavy atom. The summed E-state index contributed by atoms with van der Waals surface area (Å²) in [4.78, 5) is 7.68. The van der Waals surface area contributed by atoms with Gasteiger partial charge in [-0.15, -0.1) is 0 Å². The quantitative estimate of drug-likeness (QED) is 0.580. The second kappa shape index (κ2) is 2.96. The SMILES string of the molecule is CN=S(C)(=O)c1ncccn1. The summed E-state index contributed by atoms with van der Waals surface area (Å²) in [6, 6.07) is 1.68. The van der Waals surface area contributed by atoms with Gasteiger partial charge in [0.15, 0.2) is 0 Å². The summed E-state index contributed by atoms with van der Waals surface area (Å²) in [5.74, 6) is 0. The third kappa shape index (κ3) is 1.74. The molecule has 0 fully saturated rings. The van der Waals surface area contributed by atoms with Gasteiger partial charge >= 0.3 is 0 Å². The first-order valence-electron chi connectivity index (χ1n) is 3.04. The van der Waals surface area contributed by atoms with E-state index in [0.717, 1.165) is 0 Å². The molecule has 1 atom stereocenters. The highest BCUT2D eigenvalue weighted by molar-refractivity contribution is 7.92. The van der Waals surface area contributed by atoms with Gasteiger partial charge in [-0.25, -0.2) is 18.5 Å². The van der Waals surface area contributed by atoms with Crippen molar-refractivity contribution in [3.8, 4) is 0 Å². The number of hydrogen-bond acceptors (Lipinski definition) is 4. The van der Waals surface area contributed by atoms with E-state index >= 15 is 0 Å². The lowest BCUT2D eigenvalue weighted by atomic mass is 10.7. The van der Waals surface area contributed by atoms with Gasteiger partial charge in [-0.2, -0.15) is 0 Å². The van der Waals surface area contributed by atoms with Crippen molar-refractivity contribution in [3.05, 3.63) is 18.5 Å². The summed E-state index contributed by atoms with van der Waals surface area (Å²) >= 11 is 0. The lowest BCUT2D eigenvalue weighted by Crippen LogP contribution is -2.02. The summed E-state index contributed by atoms with van der Waals surface area (Å²) in [6.07, 6.45) is 4.62. The van der Waals surface area contributed by atoms with Gasteiger partial charge in [-0.1, -0.05) is 0 Å². The number of rotatable bonds is 1. The van der Waals surface area contributed by atoms with Crippen LogP contribution in [-0.4, -0.2) is 27.5 Å². The van der Waals surface area contributed by atoms with Crippen LogP contribution in [0.4, 0.5) is 0 Å². The molecule has 4 nitrogen and oxygen atoms in total. The zero-order valence-corrected chi connectivity index (χ0v) is 7.21. The summed E-state index contributed by atoms with van der Waals surface area (Å²) in [7, 11) is -0.847. The predicted octanol–water partition coefficient (Wildman–Crippen LogP) is 0.563. The van der Waals surface area contributed by atoms with Crippen molar-refractivity contribution >= 4 is 9.73 Å². The van der Waals surface area contributed by atoms with Crippen LogP contribution in [-0.2, 0) is 9.73 Å². The van der Waals surface area contributed by atoms with E-state index in [1.165, 1.54) is 13.3 Å². The van der Waals surface area contributed by atoms with Gasteiger partial charge in [-0.3, -0.25) is 0 Å². The topological polar surface area (TPSA) is 55.2 Å². The first-order valence-corrected chi connectivity index (χ1v) is 4.96. The van der Waals surface area contributed by atoms with Crippen LogP contribution < -0.4 is 0 Å². The van der Waals surface area contributed by atoms with Crippen molar-refractivity contribution in [1.82, 2.24) is 9.97 Å². The molecule has 5 heteroatoms. The van der Waals surface area contributed by atoms with Crippen LogP contribution in [0.2, 0.25) is 0 Å². The Hall–Kier alpha value is -0.970. The van der Waals surface area contributed by atoms with Crippen molar-refractivity contribution in [2.75, 3.05) is 13.3 Å². The standard InChI is InChI=1S/C6H9N3OS/c1-7-11(2,10)6-8-4-3-5-9-6/h3-5H,1-2H3. The maximum absolute atomic E-state index is 11.5. The van der Waals surface area contributed by atoms with Crippen molar-refractivity contribution < 1.29 is 4.21 Å². The molecule has 1 aromatic heterocycles. The molecule has 0 aromatic carbocycles. The smallest absolute Gasteiger partial charge is 0.226 e. The molecule has 1 heterocycles. The van der Waals surface area contributed by atoms with Crippen LogP contribution in [0.1, 0.15) is 0 Å². The first-order chi connectivity index (χ1) is 5.17. The molecule has 0 radical (unpaired) electrons. The van der Waals surface area contributed by atoms with E-state index < -0.39 is 9.73 Å². The van der Waals surface area contributed by atoms with Gasteiger partial charge in [0.05, 0.1) is 0 Å². The lowest BCUT2D eigenvalue weighted by Gasteiger charge is -1.97. The lowest BCUT2D eigenvalue weighted by molar-refractivity contribution is 0.672. The Labute approximate surface area is 65.9 Å². The van der Waals surface area contributed by atoms with Crippen LogP contribution >= 0.6 is 0 Å². The molecule has 0 saturated carbocycles. The average Bonchev–Trinajstić information content (AvgIpc) is 2.06. The minimum Gasteiger partial charge on any atom is -0.242 e. The van der Waals surface area contributed by atoms with E-state index in [4.69, 9.17) is 0 Å². The molecule has 1 aromatic rings. The average molecular weight is 171 g/mol. The van der Waals surface area contributed by atoms with Crippen LogP contribution in [0.5, 0.6) is 0 Å². The number of hydrogen-bond donors (Lipinski definition) is 0. The van der Waals surface area contributed by atoms with E-state index in [0.29, 0.717) is 5.16 Å². The minimum absolute atomic E-state index is 0.294. The molecular formula is C6H9N3OS. The fourth-order valence-corrected chi connectivity index (χ4v) is 1.24. The van der Waals surface area contributed by atoms with Crippen LogP contribution in [0.3, 0.4) is 0 Å². The largest absolute Gasteiger partial charge is 0.242 e. The Kier molecular flexibility index (Phi) is 2.19. The van der Waals surface area contributed by atoms with E-state index in [1.807, 2.05) is 0 Å². The molecule has 0 N–H and O–H groups in total. The Morgan fingerprint density at radius 1 is 1.45 bits per heavy atom. The fraction of sp³-hybridized carbons (Fsp3) is 0.333. The highest BCUT2D eigenvalue weighted by Gasteiger charge is 2.05. The second-order valence-electron chi connectivity index (χ2n) is 2.02. The van der Waals surface area contributed by atoms with Gasteiger partial charge in [0.25, 0.3) is 0 Å². The highest BCUT2D eigenvalue weighted by Crippen LogP contribution is 2.00. The van der Waals surface area contributed by atoms with Gasteiger partial charge < -0.3 is 0 Å². The Balaban J connectivity index is 3.25. The van der Waals surface area contributed by atoms with E-state index in [2.05, 4.69) is 14.3 Å².